The van der Waals surface area contributed by atoms with Crippen molar-refractivity contribution in [2.75, 3.05) is 0 Å². The molecule has 0 spiro atoms. The fourth-order valence-corrected chi connectivity index (χ4v) is 1.44. The molecule has 1 heterocycles. The molecule has 0 radical (unpaired) electrons. The number of phenolic OH excluding ortho intramolecular Hbond substituents is 1. The van der Waals surface area contributed by atoms with Crippen LogP contribution in [0.25, 0.3) is 0 Å². The summed E-state index contributed by atoms with van der Waals surface area (Å²) in [5.74, 6) is -2.27. The third-order valence-electron chi connectivity index (χ3n) is 2.42. The number of nitro benzene ring substituents is 1. The number of aromatic amines is 1. The van der Waals surface area contributed by atoms with E-state index in [1.807, 2.05) is 0 Å². The first-order valence-electron chi connectivity index (χ1n) is 5.33. The molecule has 2 aromatic rings. The highest BCUT2D eigenvalue weighted by atomic mass is 16.6. The summed E-state index contributed by atoms with van der Waals surface area (Å²) in [5.41, 5.74) is -1.29. The van der Waals surface area contributed by atoms with Gasteiger partial charge in [0.15, 0.2) is 5.75 Å². The predicted octanol–water partition coefficient (Wildman–Crippen LogP) is 1.65. The molecular weight excluding hydrogens is 286 g/mol. The maximum absolute atomic E-state index is 11.8. The van der Waals surface area contributed by atoms with Crippen LogP contribution in [0, 0.1) is 15.3 Å². The van der Waals surface area contributed by atoms with E-state index >= 15 is 0 Å². The van der Waals surface area contributed by atoms with Crippen LogP contribution >= 0.6 is 0 Å². The molecule has 108 valence electrons. The van der Waals surface area contributed by atoms with Crippen molar-refractivity contribution < 1.29 is 24.8 Å². The quantitative estimate of drug-likeness (QED) is 0.333. The molecule has 2 rings (SSSR count). The first-order valence-corrected chi connectivity index (χ1v) is 5.33. The molecule has 0 atom stereocenters. The van der Waals surface area contributed by atoms with Crippen LogP contribution in [0.1, 0.15) is 10.4 Å². The first kappa shape index (κ1) is 13.9. The monoisotopic (exact) mass is 293 g/mol. The Morgan fingerprint density at radius 1 is 1.38 bits per heavy atom. The van der Waals surface area contributed by atoms with E-state index in [9.17, 15) is 25.2 Å². The molecule has 1 aromatic carbocycles. The average molecular weight is 293 g/mol. The van der Waals surface area contributed by atoms with Crippen molar-refractivity contribution in [2.45, 2.75) is 0 Å². The second kappa shape index (κ2) is 5.24. The molecule has 21 heavy (non-hydrogen) atoms. The number of nitrogens with one attached hydrogen (secondary N) is 1. The van der Waals surface area contributed by atoms with Gasteiger partial charge in [-0.2, -0.15) is 5.10 Å². The van der Waals surface area contributed by atoms with Gasteiger partial charge in [0.2, 0.25) is 5.82 Å². The molecule has 0 unspecified atom stereocenters. The number of aromatic carboxylic acids is 1. The predicted molar refractivity (Wildman–Crippen MR) is 65.7 cm³/mol. The van der Waals surface area contributed by atoms with Crippen LogP contribution in [0.5, 0.6) is 5.75 Å². The number of hydrogen-bond donors (Lipinski definition) is 3. The van der Waals surface area contributed by atoms with Gasteiger partial charge in [0.05, 0.1) is 17.2 Å². The van der Waals surface area contributed by atoms with Crippen molar-refractivity contribution in [3.8, 4) is 5.75 Å². The third-order valence-corrected chi connectivity index (χ3v) is 2.42. The number of azo groups is 1. The van der Waals surface area contributed by atoms with E-state index in [0.29, 0.717) is 0 Å². The van der Waals surface area contributed by atoms with Gasteiger partial charge in [0, 0.05) is 11.2 Å². The largest absolute Gasteiger partial charge is 0.594 e. The Morgan fingerprint density at radius 2 is 2.10 bits per heavy atom. The fraction of sp³-hybridized carbons (Fsp3) is 0. The summed E-state index contributed by atoms with van der Waals surface area (Å²) in [6.07, 6.45) is 0.947. The lowest BCUT2D eigenvalue weighted by Crippen LogP contribution is -1.97. The number of nitro groups is 1. The number of nitrogens with zero attached hydrogens (tertiary/aromatic N) is 4. The number of carboxylic acids is 1. The Bertz CT molecular complexity index is 752. The summed E-state index contributed by atoms with van der Waals surface area (Å²) in [4.78, 5) is 20.6. The Morgan fingerprint density at radius 3 is 2.71 bits per heavy atom. The Kier molecular flexibility index (Phi) is 3.47. The number of phenols is 1. The van der Waals surface area contributed by atoms with Gasteiger partial charge in [-0.3, -0.25) is 15.2 Å². The molecule has 0 amide bonds. The number of aromatic nitrogens is 2. The molecule has 0 bridgehead atoms. The maximum atomic E-state index is 11.8. The normalized spacial score (nSPS) is 11.3. The van der Waals surface area contributed by atoms with Crippen LogP contribution in [0.4, 0.5) is 17.2 Å². The van der Waals surface area contributed by atoms with E-state index in [1.54, 1.807) is 0 Å². The van der Waals surface area contributed by atoms with E-state index in [1.165, 1.54) is 0 Å². The van der Waals surface area contributed by atoms with Crippen molar-refractivity contribution >= 4 is 23.2 Å². The fourth-order valence-electron chi connectivity index (χ4n) is 1.44. The average Bonchev–Trinajstić information content (AvgIpc) is 2.87. The Balaban J connectivity index is 2.48. The molecule has 0 aliphatic carbocycles. The maximum Gasteiger partial charge on any atom is 0.341 e. The smallest absolute Gasteiger partial charge is 0.341 e. The van der Waals surface area contributed by atoms with E-state index in [4.69, 9.17) is 5.11 Å². The number of rotatable bonds is 4. The van der Waals surface area contributed by atoms with E-state index in [-0.39, 0.29) is 16.2 Å². The zero-order valence-electron chi connectivity index (χ0n) is 10.1. The van der Waals surface area contributed by atoms with Gasteiger partial charge in [0.25, 0.3) is 11.4 Å². The zero-order chi connectivity index (χ0) is 15.6. The van der Waals surface area contributed by atoms with E-state index < -0.39 is 28.0 Å². The van der Waals surface area contributed by atoms with Crippen molar-refractivity contribution in [3.63, 3.8) is 0 Å². The van der Waals surface area contributed by atoms with Gasteiger partial charge in [-0.05, 0) is 10.9 Å². The second-order valence-corrected chi connectivity index (χ2v) is 3.74. The summed E-state index contributed by atoms with van der Waals surface area (Å²) in [6.45, 7) is 0. The van der Waals surface area contributed by atoms with Crippen molar-refractivity contribution in [3.05, 3.63) is 45.3 Å². The molecule has 11 nitrogen and oxygen atoms in total. The van der Waals surface area contributed by atoms with Crippen LogP contribution in [-0.2, 0) is 0 Å². The van der Waals surface area contributed by atoms with Crippen molar-refractivity contribution in [2.24, 2.45) is 5.11 Å². The molecule has 0 fully saturated rings. The lowest BCUT2D eigenvalue weighted by Gasteiger charge is -2.01. The van der Waals surface area contributed by atoms with Crippen LogP contribution in [0.3, 0.4) is 0 Å². The first-order chi connectivity index (χ1) is 9.90. The molecule has 11 heteroatoms. The van der Waals surface area contributed by atoms with Crippen LogP contribution in [0.2, 0.25) is 0 Å². The third kappa shape index (κ3) is 2.75. The zero-order valence-corrected chi connectivity index (χ0v) is 10.1. The van der Waals surface area contributed by atoms with E-state index in [2.05, 4.69) is 15.3 Å². The molecule has 0 saturated carbocycles. The van der Waals surface area contributed by atoms with Gasteiger partial charge in [-0.1, -0.05) is 0 Å². The second-order valence-electron chi connectivity index (χ2n) is 3.74. The molecule has 0 aliphatic heterocycles. The highest BCUT2D eigenvalue weighted by molar-refractivity contribution is 5.91. The Labute approximate surface area is 115 Å². The number of H-pyrrole nitrogens is 1. The molecule has 0 saturated heterocycles. The standard InChI is InChI=1S/C10H7N5O6/c16-8-2-1-5(15(20)21)3-7(8)14(19)13-9-6(10(17)18)4-11-12-9/h1-4,16H,(H,11,12)(H,17,18)/b14-13-. The van der Waals surface area contributed by atoms with Gasteiger partial charge in [0.1, 0.15) is 5.56 Å². The van der Waals surface area contributed by atoms with Gasteiger partial charge in [-0.25, -0.2) is 4.79 Å². The summed E-state index contributed by atoms with van der Waals surface area (Å²) in [5, 5.41) is 49.8. The van der Waals surface area contributed by atoms with Gasteiger partial charge < -0.3 is 15.4 Å². The van der Waals surface area contributed by atoms with Crippen molar-refractivity contribution in [1.29, 1.82) is 0 Å². The number of carboxylic acid groups (broad SMARTS) is 1. The van der Waals surface area contributed by atoms with Crippen LogP contribution in [-0.4, -0.2) is 36.2 Å². The highest BCUT2D eigenvalue weighted by Crippen LogP contribution is 2.31. The number of hydrogen-bond acceptors (Lipinski definition) is 7. The molecule has 1 aromatic heterocycles. The minimum atomic E-state index is -1.36. The lowest BCUT2D eigenvalue weighted by atomic mass is 10.2. The number of non-ortho nitro benzene ring substituents is 1. The molecule has 0 aliphatic rings. The van der Waals surface area contributed by atoms with Crippen molar-refractivity contribution in [1.82, 2.24) is 10.2 Å². The lowest BCUT2D eigenvalue weighted by molar-refractivity contribution is -0.438. The van der Waals surface area contributed by atoms with Gasteiger partial charge >= 0.3 is 5.97 Å². The Hall–Kier alpha value is -3.50. The topological polar surface area (TPSA) is 168 Å². The minimum absolute atomic E-state index is 0.137. The highest BCUT2D eigenvalue weighted by Gasteiger charge is 2.20. The summed E-state index contributed by atoms with van der Waals surface area (Å²) < 4.78 is 0. The number of carbonyl (C=O) groups is 1. The number of benzene rings is 1. The molecule has 3 N–H and O–H groups in total. The summed E-state index contributed by atoms with van der Waals surface area (Å²) >= 11 is 0. The summed E-state index contributed by atoms with van der Waals surface area (Å²) in [6, 6.07) is 2.77. The van der Waals surface area contributed by atoms with Crippen LogP contribution in [0.15, 0.2) is 29.5 Å². The number of aromatic hydroxyl groups is 1. The van der Waals surface area contributed by atoms with E-state index in [0.717, 1.165) is 24.4 Å². The van der Waals surface area contributed by atoms with Crippen LogP contribution < -0.4 is 0 Å². The minimum Gasteiger partial charge on any atom is -0.594 e. The summed E-state index contributed by atoms with van der Waals surface area (Å²) in [7, 11) is 0. The molecular formula is C10H7N5O6. The SMILES string of the molecule is O=C(O)c1cn[nH]c1/N=[N+](\[O-])c1cc([N+](=O)[O-])ccc1O. The van der Waals surface area contributed by atoms with Gasteiger partial charge in [-0.15, -0.1) is 0 Å².